The van der Waals surface area contributed by atoms with Crippen molar-refractivity contribution < 1.29 is 14.3 Å². The van der Waals surface area contributed by atoms with Crippen LogP contribution in [0.15, 0.2) is 12.1 Å². The minimum Gasteiger partial charge on any atom is -0.493 e. The molecule has 114 valence electrons. The number of benzene rings is 1. The van der Waals surface area contributed by atoms with E-state index in [1.807, 2.05) is 17.0 Å². The van der Waals surface area contributed by atoms with Crippen LogP contribution in [0.3, 0.4) is 0 Å². The molecular weight excluding hydrogens is 268 g/mol. The fourth-order valence-electron chi connectivity index (χ4n) is 3.21. The highest BCUT2D eigenvalue weighted by Crippen LogP contribution is 2.33. The van der Waals surface area contributed by atoms with Crippen LogP contribution in [0.2, 0.25) is 0 Å². The van der Waals surface area contributed by atoms with Crippen molar-refractivity contribution in [1.82, 2.24) is 10.2 Å². The summed E-state index contributed by atoms with van der Waals surface area (Å²) in [6.45, 7) is 3.72. The number of rotatable bonds is 4. The first-order chi connectivity index (χ1) is 10.2. The Morgan fingerprint density at radius 3 is 2.71 bits per heavy atom. The molecule has 5 nitrogen and oxygen atoms in total. The van der Waals surface area contributed by atoms with Crippen LogP contribution in [0, 0.1) is 5.92 Å². The Labute approximate surface area is 125 Å². The fourth-order valence-corrected chi connectivity index (χ4v) is 3.21. The molecule has 21 heavy (non-hydrogen) atoms. The average Bonchev–Trinajstić information content (AvgIpc) is 3.02. The topological polar surface area (TPSA) is 50.8 Å². The molecule has 5 heteroatoms. The maximum absolute atomic E-state index is 12.7. The fraction of sp³-hybridized carbons (Fsp3) is 0.562. The molecule has 0 radical (unpaired) electrons. The van der Waals surface area contributed by atoms with Gasteiger partial charge < -0.3 is 19.7 Å². The molecule has 0 aromatic heterocycles. The maximum atomic E-state index is 12.7. The summed E-state index contributed by atoms with van der Waals surface area (Å²) < 4.78 is 10.6. The van der Waals surface area contributed by atoms with Gasteiger partial charge in [0.1, 0.15) is 0 Å². The summed E-state index contributed by atoms with van der Waals surface area (Å²) in [4.78, 5) is 14.7. The average molecular weight is 290 g/mol. The molecule has 1 aromatic rings. The van der Waals surface area contributed by atoms with E-state index in [2.05, 4.69) is 5.32 Å². The molecule has 1 amide bonds. The summed E-state index contributed by atoms with van der Waals surface area (Å²) in [6, 6.07) is 3.75. The summed E-state index contributed by atoms with van der Waals surface area (Å²) >= 11 is 0. The number of ether oxygens (including phenoxy) is 2. The van der Waals surface area contributed by atoms with Crippen molar-refractivity contribution in [1.29, 1.82) is 0 Å². The van der Waals surface area contributed by atoms with Crippen LogP contribution < -0.4 is 14.8 Å². The van der Waals surface area contributed by atoms with Crippen LogP contribution in [0.4, 0.5) is 0 Å². The SMILES string of the molecule is COc1cc2c(cc1OC)C(=O)N(CC1CCNC1)CC2. The zero-order valence-corrected chi connectivity index (χ0v) is 12.6. The molecule has 0 bridgehead atoms. The number of hydrogen-bond acceptors (Lipinski definition) is 4. The lowest BCUT2D eigenvalue weighted by Crippen LogP contribution is -2.41. The Hall–Kier alpha value is -1.75. The first-order valence-electron chi connectivity index (χ1n) is 7.48. The molecule has 2 aliphatic heterocycles. The number of amides is 1. The Bertz CT molecular complexity index is 539. The van der Waals surface area contributed by atoms with Gasteiger partial charge in [-0.3, -0.25) is 4.79 Å². The Morgan fingerprint density at radius 1 is 1.29 bits per heavy atom. The molecule has 1 saturated heterocycles. The number of nitrogens with one attached hydrogen (secondary N) is 1. The van der Waals surface area contributed by atoms with E-state index >= 15 is 0 Å². The van der Waals surface area contributed by atoms with Crippen molar-refractivity contribution in [3.63, 3.8) is 0 Å². The van der Waals surface area contributed by atoms with Gasteiger partial charge >= 0.3 is 0 Å². The molecule has 2 heterocycles. The highest BCUT2D eigenvalue weighted by Gasteiger charge is 2.28. The van der Waals surface area contributed by atoms with Gasteiger partial charge in [0, 0.05) is 18.7 Å². The zero-order valence-electron chi connectivity index (χ0n) is 12.6. The summed E-state index contributed by atoms with van der Waals surface area (Å²) in [6.07, 6.45) is 2.03. The Morgan fingerprint density at radius 2 is 2.05 bits per heavy atom. The summed E-state index contributed by atoms with van der Waals surface area (Å²) in [5.41, 5.74) is 1.81. The van der Waals surface area contributed by atoms with Gasteiger partial charge in [-0.1, -0.05) is 0 Å². The predicted molar refractivity (Wildman–Crippen MR) is 80.1 cm³/mol. The van der Waals surface area contributed by atoms with Crippen LogP contribution >= 0.6 is 0 Å². The van der Waals surface area contributed by atoms with Crippen molar-refractivity contribution in [2.75, 3.05) is 40.4 Å². The van der Waals surface area contributed by atoms with E-state index < -0.39 is 0 Å². The second kappa shape index (κ2) is 5.93. The number of nitrogens with zero attached hydrogens (tertiary/aromatic N) is 1. The number of fused-ring (bicyclic) bond motifs is 1. The Kier molecular flexibility index (Phi) is 4.01. The number of carbonyl (C=O) groups excluding carboxylic acids is 1. The van der Waals surface area contributed by atoms with E-state index in [9.17, 15) is 4.79 Å². The third-order valence-corrected chi connectivity index (χ3v) is 4.42. The van der Waals surface area contributed by atoms with Gasteiger partial charge in [0.25, 0.3) is 5.91 Å². The maximum Gasteiger partial charge on any atom is 0.254 e. The van der Waals surface area contributed by atoms with E-state index in [0.717, 1.165) is 50.1 Å². The van der Waals surface area contributed by atoms with E-state index in [0.29, 0.717) is 17.4 Å². The molecule has 1 atom stereocenters. The first kappa shape index (κ1) is 14.2. The standard InChI is InChI=1S/C16H22N2O3/c1-20-14-7-12-4-6-18(10-11-3-5-17-9-11)16(19)13(12)8-15(14)21-2/h7-8,11,17H,3-6,9-10H2,1-2H3. The molecule has 1 unspecified atom stereocenters. The molecule has 0 aliphatic carbocycles. The van der Waals surface area contributed by atoms with Gasteiger partial charge in [0.05, 0.1) is 14.2 Å². The number of hydrogen-bond donors (Lipinski definition) is 1. The van der Waals surface area contributed by atoms with Gasteiger partial charge in [-0.2, -0.15) is 0 Å². The van der Waals surface area contributed by atoms with Gasteiger partial charge in [-0.05, 0) is 49.5 Å². The highest BCUT2D eigenvalue weighted by molar-refractivity contribution is 5.97. The lowest BCUT2D eigenvalue weighted by atomic mass is 9.96. The Balaban J connectivity index is 1.83. The van der Waals surface area contributed by atoms with E-state index in [-0.39, 0.29) is 5.91 Å². The van der Waals surface area contributed by atoms with E-state index in [4.69, 9.17) is 9.47 Å². The van der Waals surface area contributed by atoms with Gasteiger partial charge in [-0.25, -0.2) is 0 Å². The van der Waals surface area contributed by atoms with Crippen molar-refractivity contribution in [3.8, 4) is 11.5 Å². The smallest absolute Gasteiger partial charge is 0.254 e. The number of carbonyl (C=O) groups is 1. The van der Waals surface area contributed by atoms with Gasteiger partial charge in [0.15, 0.2) is 11.5 Å². The third-order valence-electron chi connectivity index (χ3n) is 4.42. The lowest BCUT2D eigenvalue weighted by molar-refractivity contribution is 0.0715. The predicted octanol–water partition coefficient (Wildman–Crippen LogP) is 1.31. The van der Waals surface area contributed by atoms with Crippen molar-refractivity contribution in [2.45, 2.75) is 12.8 Å². The lowest BCUT2D eigenvalue weighted by Gasteiger charge is -2.31. The minimum absolute atomic E-state index is 0.115. The molecule has 0 spiro atoms. The molecule has 0 saturated carbocycles. The zero-order chi connectivity index (χ0) is 14.8. The van der Waals surface area contributed by atoms with Gasteiger partial charge in [-0.15, -0.1) is 0 Å². The molecular formula is C16H22N2O3. The summed E-state index contributed by atoms with van der Waals surface area (Å²) in [5, 5.41) is 3.35. The monoisotopic (exact) mass is 290 g/mol. The van der Waals surface area contributed by atoms with Crippen molar-refractivity contribution >= 4 is 5.91 Å². The van der Waals surface area contributed by atoms with Gasteiger partial charge in [0.2, 0.25) is 0 Å². The second-order valence-corrected chi connectivity index (χ2v) is 5.72. The molecule has 1 aromatic carbocycles. The minimum atomic E-state index is 0.115. The molecule has 1 fully saturated rings. The molecule has 2 aliphatic rings. The van der Waals surface area contributed by atoms with E-state index in [1.165, 1.54) is 0 Å². The van der Waals surface area contributed by atoms with Crippen LogP contribution in [0.5, 0.6) is 11.5 Å². The first-order valence-corrected chi connectivity index (χ1v) is 7.48. The number of methoxy groups -OCH3 is 2. The molecule has 3 rings (SSSR count). The van der Waals surface area contributed by atoms with Crippen molar-refractivity contribution in [2.24, 2.45) is 5.92 Å². The van der Waals surface area contributed by atoms with Crippen LogP contribution in [-0.4, -0.2) is 51.2 Å². The molecule has 1 N–H and O–H groups in total. The summed E-state index contributed by atoms with van der Waals surface area (Å²) in [7, 11) is 3.22. The van der Waals surface area contributed by atoms with Crippen LogP contribution in [-0.2, 0) is 6.42 Å². The van der Waals surface area contributed by atoms with Crippen LogP contribution in [0.1, 0.15) is 22.3 Å². The van der Waals surface area contributed by atoms with Crippen LogP contribution in [0.25, 0.3) is 0 Å². The largest absolute Gasteiger partial charge is 0.493 e. The highest BCUT2D eigenvalue weighted by atomic mass is 16.5. The summed E-state index contributed by atoms with van der Waals surface area (Å²) in [5.74, 6) is 2.01. The normalized spacial score (nSPS) is 21.3. The van der Waals surface area contributed by atoms with Crippen molar-refractivity contribution in [3.05, 3.63) is 23.3 Å². The van der Waals surface area contributed by atoms with E-state index in [1.54, 1.807) is 14.2 Å². The third kappa shape index (κ3) is 2.70. The second-order valence-electron chi connectivity index (χ2n) is 5.72. The quantitative estimate of drug-likeness (QED) is 0.908.